The lowest BCUT2D eigenvalue weighted by Gasteiger charge is -2.32. The summed E-state index contributed by atoms with van der Waals surface area (Å²) in [5.41, 5.74) is 8.92. The van der Waals surface area contributed by atoms with Crippen molar-refractivity contribution in [2.75, 3.05) is 12.3 Å². The molecule has 0 spiro atoms. The minimum absolute atomic E-state index is 0.00277. The van der Waals surface area contributed by atoms with E-state index in [0.717, 1.165) is 24.2 Å². The molecule has 2 heterocycles. The summed E-state index contributed by atoms with van der Waals surface area (Å²) < 4.78 is 8.29. The molecule has 1 aromatic heterocycles. The zero-order valence-electron chi connectivity index (χ0n) is 12.1. The second-order valence-electron chi connectivity index (χ2n) is 6.45. The Kier molecular flexibility index (Phi) is 2.43. The number of nitrogen functional groups attached to an aromatic ring is 1. The molecule has 106 valence electrons. The van der Waals surface area contributed by atoms with Crippen molar-refractivity contribution in [3.63, 3.8) is 0 Å². The summed E-state index contributed by atoms with van der Waals surface area (Å²) in [5.74, 6) is 1.85. The van der Waals surface area contributed by atoms with Gasteiger partial charge in [0.05, 0.1) is 22.7 Å². The smallest absolute Gasteiger partial charge is 0.113 e. The maximum absolute atomic E-state index is 5.91. The Morgan fingerprint density at radius 3 is 2.85 bits per heavy atom. The molecule has 2 atom stereocenters. The summed E-state index contributed by atoms with van der Waals surface area (Å²) in [4.78, 5) is 4.89. The largest absolute Gasteiger partial charge is 0.399 e. The van der Waals surface area contributed by atoms with E-state index < -0.39 is 0 Å². The fourth-order valence-corrected chi connectivity index (χ4v) is 3.39. The van der Waals surface area contributed by atoms with Crippen LogP contribution >= 0.6 is 0 Å². The zero-order chi connectivity index (χ0) is 13.9. The average Bonchev–Trinajstić information content (AvgIpc) is 3.11. The van der Waals surface area contributed by atoms with Gasteiger partial charge in [-0.2, -0.15) is 0 Å². The molecular formula is C16H21N3O. The van der Waals surface area contributed by atoms with Crippen molar-refractivity contribution in [1.82, 2.24) is 9.55 Å². The first-order valence-corrected chi connectivity index (χ1v) is 7.49. The molecule has 1 aliphatic carbocycles. The van der Waals surface area contributed by atoms with Gasteiger partial charge >= 0.3 is 0 Å². The number of nitrogens with zero attached hydrogens (tertiary/aromatic N) is 2. The van der Waals surface area contributed by atoms with Crippen molar-refractivity contribution in [3.05, 3.63) is 24.0 Å². The molecule has 1 aromatic carbocycles. The van der Waals surface area contributed by atoms with Crippen LogP contribution in [0.25, 0.3) is 11.0 Å². The third kappa shape index (κ3) is 1.61. The minimum Gasteiger partial charge on any atom is -0.399 e. The quantitative estimate of drug-likeness (QED) is 0.854. The van der Waals surface area contributed by atoms with Crippen LogP contribution in [0.1, 0.15) is 44.9 Å². The molecular weight excluding hydrogens is 250 g/mol. The van der Waals surface area contributed by atoms with E-state index in [1.165, 1.54) is 24.2 Å². The lowest BCUT2D eigenvalue weighted by molar-refractivity contribution is 0.0764. The lowest BCUT2D eigenvalue weighted by Crippen LogP contribution is -2.37. The van der Waals surface area contributed by atoms with Crippen LogP contribution < -0.4 is 5.73 Å². The predicted octanol–water partition coefficient (Wildman–Crippen LogP) is 3.02. The van der Waals surface area contributed by atoms with Crippen LogP contribution in [-0.4, -0.2) is 22.3 Å². The van der Waals surface area contributed by atoms with Crippen molar-refractivity contribution < 1.29 is 4.74 Å². The number of nitrogens with two attached hydrogens (primary N) is 1. The first-order chi connectivity index (χ1) is 9.59. The van der Waals surface area contributed by atoms with Crippen LogP contribution in [0.2, 0.25) is 0 Å². The number of benzene rings is 1. The van der Waals surface area contributed by atoms with E-state index in [1.54, 1.807) is 0 Å². The molecule has 20 heavy (non-hydrogen) atoms. The normalized spacial score (nSPS) is 30.2. The maximum Gasteiger partial charge on any atom is 0.113 e. The van der Waals surface area contributed by atoms with Crippen LogP contribution in [-0.2, 0) is 10.3 Å². The highest BCUT2D eigenvalue weighted by Crippen LogP contribution is 2.45. The first-order valence-electron chi connectivity index (χ1n) is 7.49. The van der Waals surface area contributed by atoms with Gasteiger partial charge in [-0.05, 0) is 51.3 Å². The number of imidazole rings is 1. The van der Waals surface area contributed by atoms with Gasteiger partial charge in [0.1, 0.15) is 5.82 Å². The molecule has 0 radical (unpaired) electrons. The van der Waals surface area contributed by atoms with Crippen molar-refractivity contribution in [2.45, 2.75) is 50.7 Å². The van der Waals surface area contributed by atoms with Gasteiger partial charge in [-0.3, -0.25) is 0 Å². The molecule has 2 fully saturated rings. The van der Waals surface area contributed by atoms with Gasteiger partial charge in [-0.25, -0.2) is 4.98 Å². The van der Waals surface area contributed by atoms with Gasteiger partial charge in [0.2, 0.25) is 0 Å². The van der Waals surface area contributed by atoms with Crippen LogP contribution in [0.15, 0.2) is 18.2 Å². The van der Waals surface area contributed by atoms with E-state index >= 15 is 0 Å². The van der Waals surface area contributed by atoms with Crippen LogP contribution in [0.4, 0.5) is 5.69 Å². The number of ether oxygens (including phenoxy) is 1. The summed E-state index contributed by atoms with van der Waals surface area (Å²) >= 11 is 0. The highest BCUT2D eigenvalue weighted by atomic mass is 16.5. The summed E-state index contributed by atoms with van der Waals surface area (Å²) in [6, 6.07) is 6.07. The number of fused-ring (bicyclic) bond motifs is 1. The SMILES string of the molecule is CC1OCCC1(C)n1c(C2CC2)nc2cc(N)ccc21. The highest BCUT2D eigenvalue weighted by molar-refractivity contribution is 5.80. The molecule has 2 unspecified atom stereocenters. The van der Waals surface area contributed by atoms with E-state index in [0.29, 0.717) is 5.92 Å². The Hall–Kier alpha value is -1.55. The minimum atomic E-state index is 0.00277. The van der Waals surface area contributed by atoms with Crippen LogP contribution in [0, 0.1) is 0 Å². The third-order valence-corrected chi connectivity index (χ3v) is 5.01. The van der Waals surface area contributed by atoms with Gasteiger partial charge in [-0.1, -0.05) is 0 Å². The predicted molar refractivity (Wildman–Crippen MR) is 79.8 cm³/mol. The Balaban J connectivity index is 1.98. The number of hydrogen-bond acceptors (Lipinski definition) is 3. The monoisotopic (exact) mass is 271 g/mol. The van der Waals surface area contributed by atoms with E-state index in [9.17, 15) is 0 Å². The molecule has 2 aliphatic rings. The third-order valence-electron chi connectivity index (χ3n) is 5.01. The Bertz CT molecular complexity index is 674. The van der Waals surface area contributed by atoms with Crippen molar-refractivity contribution in [2.24, 2.45) is 0 Å². The van der Waals surface area contributed by atoms with Gasteiger partial charge in [0.25, 0.3) is 0 Å². The number of aromatic nitrogens is 2. The topological polar surface area (TPSA) is 53.1 Å². The first kappa shape index (κ1) is 12.2. The molecule has 0 bridgehead atoms. The maximum atomic E-state index is 5.91. The molecule has 1 saturated heterocycles. The second kappa shape index (κ2) is 3.98. The van der Waals surface area contributed by atoms with Crippen LogP contribution in [0.5, 0.6) is 0 Å². The van der Waals surface area contributed by atoms with E-state index in [4.69, 9.17) is 15.5 Å². The van der Waals surface area contributed by atoms with Crippen LogP contribution in [0.3, 0.4) is 0 Å². The standard InChI is InChI=1S/C16H21N3O/c1-10-16(2,7-8-20-10)19-14-6-5-12(17)9-13(14)18-15(19)11-3-4-11/h5-6,9-11H,3-4,7-8,17H2,1-2H3. The van der Waals surface area contributed by atoms with E-state index in [-0.39, 0.29) is 11.6 Å². The molecule has 0 amide bonds. The summed E-state index contributed by atoms with van der Waals surface area (Å²) in [6.45, 7) is 5.30. The van der Waals surface area contributed by atoms with E-state index in [1.807, 2.05) is 12.1 Å². The molecule has 2 N–H and O–H groups in total. The number of hydrogen-bond donors (Lipinski definition) is 1. The summed E-state index contributed by atoms with van der Waals surface area (Å²) in [5, 5.41) is 0. The molecule has 1 aliphatic heterocycles. The Labute approximate surface area is 118 Å². The lowest BCUT2D eigenvalue weighted by atomic mass is 9.93. The van der Waals surface area contributed by atoms with E-state index in [2.05, 4.69) is 24.5 Å². The fourth-order valence-electron chi connectivity index (χ4n) is 3.39. The molecule has 2 aromatic rings. The summed E-state index contributed by atoms with van der Waals surface area (Å²) in [6.07, 6.45) is 3.77. The molecule has 4 heteroatoms. The van der Waals surface area contributed by atoms with Gasteiger partial charge in [0.15, 0.2) is 0 Å². The fraction of sp³-hybridized carbons (Fsp3) is 0.562. The van der Waals surface area contributed by atoms with Crippen molar-refractivity contribution in [1.29, 1.82) is 0 Å². The summed E-state index contributed by atoms with van der Waals surface area (Å²) in [7, 11) is 0. The van der Waals surface area contributed by atoms with Gasteiger partial charge in [-0.15, -0.1) is 0 Å². The zero-order valence-corrected chi connectivity index (χ0v) is 12.1. The Morgan fingerprint density at radius 2 is 2.20 bits per heavy atom. The van der Waals surface area contributed by atoms with Crippen molar-refractivity contribution >= 4 is 16.7 Å². The number of rotatable bonds is 2. The number of anilines is 1. The second-order valence-corrected chi connectivity index (χ2v) is 6.45. The average molecular weight is 271 g/mol. The van der Waals surface area contributed by atoms with Crippen molar-refractivity contribution in [3.8, 4) is 0 Å². The molecule has 4 rings (SSSR count). The highest BCUT2D eigenvalue weighted by Gasteiger charge is 2.43. The van der Waals surface area contributed by atoms with Gasteiger partial charge in [0, 0.05) is 18.2 Å². The Morgan fingerprint density at radius 1 is 1.40 bits per heavy atom. The molecule has 1 saturated carbocycles. The molecule has 4 nitrogen and oxygen atoms in total. The van der Waals surface area contributed by atoms with Gasteiger partial charge < -0.3 is 15.0 Å².